The quantitative estimate of drug-likeness (QED) is 0.633. The van der Waals surface area contributed by atoms with E-state index in [1.807, 2.05) is 30.3 Å². The standard InChI is InChI=1S/C19H17F2N3O2/c20-14-7-6-12(9-15(14)21)13(10-17(22)25)18-16(23-24-19(18)26)8-11-4-2-1-3-5-11/h1-7,9,13H,8,10H2,(H2,22,25)(H2,23,24,26). The molecule has 3 aromatic rings. The van der Waals surface area contributed by atoms with Crippen LogP contribution < -0.4 is 11.3 Å². The van der Waals surface area contributed by atoms with Crippen LogP contribution in [0.5, 0.6) is 0 Å². The van der Waals surface area contributed by atoms with Gasteiger partial charge in [-0.25, -0.2) is 8.78 Å². The van der Waals surface area contributed by atoms with Gasteiger partial charge in [-0.2, -0.15) is 0 Å². The molecule has 0 saturated carbocycles. The van der Waals surface area contributed by atoms with Gasteiger partial charge in [0.2, 0.25) is 5.91 Å². The maximum atomic E-state index is 13.7. The summed E-state index contributed by atoms with van der Waals surface area (Å²) in [5, 5.41) is 5.32. The van der Waals surface area contributed by atoms with Gasteiger partial charge >= 0.3 is 0 Å². The minimum Gasteiger partial charge on any atom is -0.370 e. The van der Waals surface area contributed by atoms with Gasteiger partial charge in [-0.3, -0.25) is 14.7 Å². The second kappa shape index (κ2) is 7.35. The number of aromatic amines is 2. The van der Waals surface area contributed by atoms with Gasteiger partial charge in [0, 0.05) is 30.0 Å². The summed E-state index contributed by atoms with van der Waals surface area (Å²) in [5.74, 6) is -3.48. The molecular weight excluding hydrogens is 340 g/mol. The SMILES string of the molecule is NC(=O)CC(c1ccc(F)c(F)c1)c1c(Cc2ccccc2)[nH][nH]c1=O. The topological polar surface area (TPSA) is 91.7 Å². The molecule has 26 heavy (non-hydrogen) atoms. The Kier molecular flexibility index (Phi) is 4.97. The Morgan fingerprint density at radius 3 is 2.42 bits per heavy atom. The Hall–Kier alpha value is -3.22. The molecule has 4 N–H and O–H groups in total. The number of primary amides is 1. The molecule has 5 nitrogen and oxygen atoms in total. The van der Waals surface area contributed by atoms with Crippen LogP contribution in [0.3, 0.4) is 0 Å². The molecular formula is C19H17F2N3O2. The molecule has 0 aliphatic heterocycles. The van der Waals surface area contributed by atoms with Crippen LogP contribution in [0.4, 0.5) is 8.78 Å². The van der Waals surface area contributed by atoms with Crippen molar-refractivity contribution >= 4 is 5.91 Å². The van der Waals surface area contributed by atoms with Gasteiger partial charge in [-0.1, -0.05) is 36.4 Å². The van der Waals surface area contributed by atoms with Crippen molar-refractivity contribution in [3.8, 4) is 0 Å². The van der Waals surface area contributed by atoms with Crippen molar-refractivity contribution < 1.29 is 13.6 Å². The highest BCUT2D eigenvalue weighted by Crippen LogP contribution is 2.29. The molecule has 1 atom stereocenters. The minimum atomic E-state index is -1.05. The van der Waals surface area contributed by atoms with Crippen LogP contribution in [0.2, 0.25) is 0 Å². The van der Waals surface area contributed by atoms with Gasteiger partial charge in [0.1, 0.15) is 0 Å². The van der Waals surface area contributed by atoms with Gasteiger partial charge in [0.25, 0.3) is 5.56 Å². The van der Waals surface area contributed by atoms with Crippen molar-refractivity contribution in [2.45, 2.75) is 18.8 Å². The summed E-state index contributed by atoms with van der Waals surface area (Å²) in [4.78, 5) is 23.9. The molecule has 3 rings (SSSR count). The Balaban J connectivity index is 2.07. The van der Waals surface area contributed by atoms with E-state index in [1.54, 1.807) is 0 Å². The van der Waals surface area contributed by atoms with Crippen LogP contribution >= 0.6 is 0 Å². The zero-order valence-corrected chi connectivity index (χ0v) is 13.8. The number of hydrogen-bond donors (Lipinski definition) is 3. The van der Waals surface area contributed by atoms with Gasteiger partial charge < -0.3 is 10.8 Å². The fourth-order valence-electron chi connectivity index (χ4n) is 3.03. The average Bonchev–Trinajstić information content (AvgIpc) is 2.96. The lowest BCUT2D eigenvalue weighted by Gasteiger charge is -2.16. The van der Waals surface area contributed by atoms with Crippen LogP contribution in [0.1, 0.15) is 34.7 Å². The summed E-state index contributed by atoms with van der Waals surface area (Å²) >= 11 is 0. The second-order valence-electron chi connectivity index (χ2n) is 6.03. The predicted octanol–water partition coefficient (Wildman–Crippen LogP) is 2.58. The number of aromatic nitrogens is 2. The first-order valence-electron chi connectivity index (χ1n) is 8.02. The van der Waals surface area contributed by atoms with E-state index in [0.29, 0.717) is 23.2 Å². The summed E-state index contributed by atoms with van der Waals surface area (Å²) in [7, 11) is 0. The first-order chi connectivity index (χ1) is 12.5. The van der Waals surface area contributed by atoms with Crippen LogP contribution in [-0.2, 0) is 11.2 Å². The third-order valence-corrected chi connectivity index (χ3v) is 4.22. The molecule has 1 aromatic heterocycles. The number of H-pyrrole nitrogens is 2. The predicted molar refractivity (Wildman–Crippen MR) is 92.7 cm³/mol. The highest BCUT2D eigenvalue weighted by atomic mass is 19.2. The van der Waals surface area contributed by atoms with Crippen molar-refractivity contribution in [2.24, 2.45) is 5.73 Å². The lowest BCUT2D eigenvalue weighted by Crippen LogP contribution is -2.21. The number of benzene rings is 2. The maximum absolute atomic E-state index is 13.7. The summed E-state index contributed by atoms with van der Waals surface area (Å²) in [6, 6.07) is 12.7. The first kappa shape index (κ1) is 17.6. The van der Waals surface area contributed by atoms with Gasteiger partial charge in [-0.05, 0) is 23.3 Å². The van der Waals surface area contributed by atoms with Crippen molar-refractivity contribution in [2.75, 3.05) is 0 Å². The molecule has 134 valence electrons. The third kappa shape index (κ3) is 3.72. The van der Waals surface area contributed by atoms with E-state index in [9.17, 15) is 18.4 Å². The molecule has 1 unspecified atom stereocenters. The van der Waals surface area contributed by atoms with Crippen LogP contribution in [0, 0.1) is 11.6 Å². The number of carbonyl (C=O) groups excluding carboxylic acids is 1. The van der Waals surface area contributed by atoms with Crippen LogP contribution in [-0.4, -0.2) is 16.1 Å². The Labute approximate surface area is 147 Å². The molecule has 1 amide bonds. The van der Waals surface area contributed by atoms with Crippen molar-refractivity contribution in [1.82, 2.24) is 10.2 Å². The maximum Gasteiger partial charge on any atom is 0.267 e. The van der Waals surface area contributed by atoms with Crippen molar-refractivity contribution in [1.29, 1.82) is 0 Å². The molecule has 0 aliphatic rings. The normalized spacial score (nSPS) is 12.1. The summed E-state index contributed by atoms with van der Waals surface area (Å²) in [6.07, 6.45) is 0.210. The van der Waals surface area contributed by atoms with Gasteiger partial charge in [-0.15, -0.1) is 0 Å². The summed E-state index contributed by atoms with van der Waals surface area (Å²) in [6.45, 7) is 0. The molecule has 1 heterocycles. The number of rotatable bonds is 6. The number of carbonyl (C=O) groups is 1. The third-order valence-electron chi connectivity index (χ3n) is 4.22. The van der Waals surface area contributed by atoms with Crippen molar-refractivity contribution in [3.63, 3.8) is 0 Å². The molecule has 0 fully saturated rings. The smallest absolute Gasteiger partial charge is 0.267 e. The Bertz CT molecular complexity index is 980. The molecule has 0 radical (unpaired) electrons. The Morgan fingerprint density at radius 2 is 1.77 bits per heavy atom. The van der Waals surface area contributed by atoms with E-state index in [0.717, 1.165) is 17.7 Å². The molecule has 0 saturated heterocycles. The van der Waals surface area contributed by atoms with Crippen molar-refractivity contribution in [3.05, 3.63) is 92.9 Å². The first-order valence-corrected chi connectivity index (χ1v) is 8.02. The summed E-state index contributed by atoms with van der Waals surface area (Å²) in [5.41, 5.74) is 7.02. The number of hydrogen-bond acceptors (Lipinski definition) is 2. The molecule has 0 bridgehead atoms. The van der Waals surface area contributed by atoms with Gasteiger partial charge in [0.05, 0.1) is 0 Å². The van der Waals surface area contributed by atoms with E-state index in [2.05, 4.69) is 10.2 Å². The largest absolute Gasteiger partial charge is 0.370 e. The zero-order chi connectivity index (χ0) is 18.7. The highest BCUT2D eigenvalue weighted by molar-refractivity contribution is 5.75. The Morgan fingerprint density at radius 1 is 1.04 bits per heavy atom. The lowest BCUT2D eigenvalue weighted by molar-refractivity contribution is -0.118. The van der Waals surface area contributed by atoms with Gasteiger partial charge in [0.15, 0.2) is 11.6 Å². The molecule has 0 spiro atoms. The highest BCUT2D eigenvalue weighted by Gasteiger charge is 2.25. The number of amides is 1. The fraction of sp³-hybridized carbons (Fsp3) is 0.158. The molecule has 2 aromatic carbocycles. The van der Waals surface area contributed by atoms with Crippen LogP contribution in [0.25, 0.3) is 0 Å². The van der Waals surface area contributed by atoms with E-state index in [1.165, 1.54) is 6.07 Å². The number of nitrogens with two attached hydrogens (primary N) is 1. The second-order valence-corrected chi connectivity index (χ2v) is 6.03. The van der Waals surface area contributed by atoms with Crippen LogP contribution in [0.15, 0.2) is 53.3 Å². The van der Waals surface area contributed by atoms with E-state index < -0.39 is 29.0 Å². The number of nitrogens with one attached hydrogen (secondary N) is 2. The monoisotopic (exact) mass is 357 g/mol. The molecule has 7 heteroatoms. The van der Waals surface area contributed by atoms with E-state index >= 15 is 0 Å². The fourth-order valence-corrected chi connectivity index (χ4v) is 3.03. The average molecular weight is 357 g/mol. The lowest BCUT2D eigenvalue weighted by atomic mass is 9.87. The summed E-state index contributed by atoms with van der Waals surface area (Å²) < 4.78 is 27.0. The number of halogens is 2. The van der Waals surface area contributed by atoms with E-state index in [4.69, 9.17) is 5.73 Å². The molecule has 0 aliphatic carbocycles. The minimum absolute atomic E-state index is 0.201. The van der Waals surface area contributed by atoms with E-state index in [-0.39, 0.29) is 6.42 Å². The zero-order valence-electron chi connectivity index (χ0n) is 13.8.